The lowest BCUT2D eigenvalue weighted by molar-refractivity contribution is -0.137. The average Bonchev–Trinajstić information content (AvgIpc) is 2.12. The van der Waals surface area contributed by atoms with Crippen LogP contribution >= 0.6 is 0 Å². The number of carboxylic acids is 1. The molecule has 0 saturated heterocycles. The van der Waals surface area contributed by atoms with Gasteiger partial charge >= 0.3 is 12.0 Å². The van der Waals surface area contributed by atoms with Crippen LogP contribution < -0.4 is 10.6 Å². The van der Waals surface area contributed by atoms with Crippen LogP contribution in [0.2, 0.25) is 0 Å². The highest BCUT2D eigenvalue weighted by Gasteiger charge is 2.05. The molecule has 0 unspecified atom stereocenters. The summed E-state index contributed by atoms with van der Waals surface area (Å²) in [5, 5.41) is 12.6. The fraction of sp³-hybridized carbons (Fsp3) is 0.625. The van der Waals surface area contributed by atoms with Crippen molar-refractivity contribution >= 4 is 17.9 Å². The van der Waals surface area contributed by atoms with E-state index in [1.807, 2.05) is 0 Å². The quantitative estimate of drug-likeness (QED) is 0.550. The first-order valence-corrected chi connectivity index (χ1v) is 4.29. The predicted molar refractivity (Wildman–Crippen MR) is 48.7 cm³/mol. The third kappa shape index (κ3) is 7.08. The number of aliphatic carboxylic acids is 1. The number of hydrogen-bond donors (Lipinski definition) is 3. The summed E-state index contributed by atoms with van der Waals surface area (Å²) in [6.07, 6.45) is 1.12. The first-order valence-electron chi connectivity index (χ1n) is 4.29. The minimum atomic E-state index is -0.878. The Balaban J connectivity index is 3.45. The van der Waals surface area contributed by atoms with Crippen molar-refractivity contribution in [3.63, 3.8) is 0 Å². The number of nitrogens with one attached hydrogen (secondary N) is 2. The van der Waals surface area contributed by atoms with Crippen molar-refractivity contribution in [2.75, 3.05) is 7.05 Å². The molecule has 0 aromatic carbocycles. The molecule has 0 bridgehead atoms. The van der Waals surface area contributed by atoms with E-state index < -0.39 is 17.9 Å². The molecule has 0 aromatic heterocycles. The van der Waals surface area contributed by atoms with Crippen LogP contribution in [0.4, 0.5) is 4.79 Å². The Morgan fingerprint density at radius 1 is 1.14 bits per heavy atom. The van der Waals surface area contributed by atoms with Gasteiger partial charge in [0, 0.05) is 19.9 Å². The van der Waals surface area contributed by atoms with Gasteiger partial charge < -0.3 is 10.4 Å². The van der Waals surface area contributed by atoms with E-state index in [9.17, 15) is 14.4 Å². The molecule has 80 valence electrons. The van der Waals surface area contributed by atoms with E-state index >= 15 is 0 Å². The Hall–Kier alpha value is -1.59. The van der Waals surface area contributed by atoms with E-state index in [1.54, 1.807) is 0 Å². The van der Waals surface area contributed by atoms with Crippen LogP contribution in [-0.4, -0.2) is 30.1 Å². The second-order valence-corrected chi connectivity index (χ2v) is 2.73. The van der Waals surface area contributed by atoms with Crippen molar-refractivity contribution in [3.05, 3.63) is 0 Å². The standard InChI is InChI=1S/C8H14N2O4/c1-9-8(14)10-6(11)4-2-3-5-7(12)13/h2-5H2,1H3,(H,12,13)(H2,9,10,11,14). The fourth-order valence-electron chi connectivity index (χ4n) is 0.813. The molecule has 0 aliphatic rings. The Bertz CT molecular complexity index is 227. The number of hydrogen-bond acceptors (Lipinski definition) is 3. The molecule has 0 aliphatic carbocycles. The molecule has 6 heteroatoms. The van der Waals surface area contributed by atoms with Crippen LogP contribution in [0.15, 0.2) is 0 Å². The molecule has 0 spiro atoms. The Morgan fingerprint density at radius 2 is 1.71 bits per heavy atom. The van der Waals surface area contributed by atoms with Gasteiger partial charge in [-0.3, -0.25) is 14.9 Å². The van der Waals surface area contributed by atoms with Gasteiger partial charge in [0.1, 0.15) is 0 Å². The van der Waals surface area contributed by atoms with Gasteiger partial charge in [0.15, 0.2) is 0 Å². The second kappa shape index (κ2) is 6.88. The van der Waals surface area contributed by atoms with Crippen molar-refractivity contribution < 1.29 is 19.5 Å². The van der Waals surface area contributed by atoms with Crippen LogP contribution in [0, 0.1) is 0 Å². The molecule has 3 N–H and O–H groups in total. The van der Waals surface area contributed by atoms with E-state index in [1.165, 1.54) is 7.05 Å². The number of unbranched alkanes of at least 4 members (excludes halogenated alkanes) is 1. The third-order valence-electron chi connectivity index (χ3n) is 1.52. The molecule has 6 nitrogen and oxygen atoms in total. The first kappa shape index (κ1) is 12.4. The highest BCUT2D eigenvalue weighted by Crippen LogP contribution is 1.99. The zero-order valence-corrected chi connectivity index (χ0v) is 8.00. The highest BCUT2D eigenvalue weighted by atomic mass is 16.4. The summed E-state index contributed by atoms with van der Waals surface area (Å²) in [6.45, 7) is 0. The molecule has 0 saturated carbocycles. The van der Waals surface area contributed by atoms with Crippen LogP contribution in [-0.2, 0) is 9.59 Å². The molecule has 3 amide bonds. The van der Waals surface area contributed by atoms with Gasteiger partial charge in [-0.05, 0) is 12.8 Å². The topological polar surface area (TPSA) is 95.5 Å². The maximum atomic E-state index is 10.9. The Kier molecular flexibility index (Phi) is 6.09. The summed E-state index contributed by atoms with van der Waals surface area (Å²) in [7, 11) is 1.41. The minimum absolute atomic E-state index is 0.0489. The van der Waals surface area contributed by atoms with Gasteiger partial charge in [-0.2, -0.15) is 0 Å². The molecule has 0 radical (unpaired) electrons. The summed E-state index contributed by atoms with van der Waals surface area (Å²) < 4.78 is 0. The summed E-state index contributed by atoms with van der Waals surface area (Å²) in [6, 6.07) is -0.548. The second-order valence-electron chi connectivity index (χ2n) is 2.73. The van der Waals surface area contributed by atoms with Crippen LogP contribution in [0.5, 0.6) is 0 Å². The Labute approximate surface area is 81.7 Å². The maximum Gasteiger partial charge on any atom is 0.321 e. The van der Waals surface area contributed by atoms with Crippen LogP contribution in [0.3, 0.4) is 0 Å². The van der Waals surface area contributed by atoms with Crippen molar-refractivity contribution in [2.45, 2.75) is 25.7 Å². The van der Waals surface area contributed by atoms with Gasteiger partial charge in [-0.15, -0.1) is 0 Å². The van der Waals surface area contributed by atoms with Crippen molar-refractivity contribution in [2.24, 2.45) is 0 Å². The van der Waals surface area contributed by atoms with E-state index in [2.05, 4.69) is 10.6 Å². The fourth-order valence-corrected chi connectivity index (χ4v) is 0.813. The van der Waals surface area contributed by atoms with E-state index in [0.29, 0.717) is 12.8 Å². The summed E-state index contributed by atoms with van der Waals surface area (Å²) in [4.78, 5) is 31.7. The number of carbonyl (C=O) groups is 3. The number of rotatable bonds is 5. The van der Waals surface area contributed by atoms with Crippen molar-refractivity contribution in [3.8, 4) is 0 Å². The highest BCUT2D eigenvalue weighted by molar-refractivity contribution is 5.94. The average molecular weight is 202 g/mol. The molecule has 0 heterocycles. The van der Waals surface area contributed by atoms with E-state index in [0.717, 1.165) is 0 Å². The van der Waals surface area contributed by atoms with Crippen molar-refractivity contribution in [1.82, 2.24) is 10.6 Å². The number of amides is 3. The molecule has 0 aromatic rings. The normalized spacial score (nSPS) is 9.21. The number of urea groups is 1. The monoisotopic (exact) mass is 202 g/mol. The predicted octanol–water partition coefficient (Wildman–Crippen LogP) is 0.0870. The Morgan fingerprint density at radius 3 is 2.21 bits per heavy atom. The minimum Gasteiger partial charge on any atom is -0.481 e. The van der Waals surface area contributed by atoms with Crippen molar-refractivity contribution in [1.29, 1.82) is 0 Å². The van der Waals surface area contributed by atoms with Gasteiger partial charge in [0.05, 0.1) is 0 Å². The largest absolute Gasteiger partial charge is 0.481 e. The smallest absolute Gasteiger partial charge is 0.321 e. The molecule has 0 fully saturated rings. The van der Waals surface area contributed by atoms with E-state index in [-0.39, 0.29) is 12.8 Å². The SMILES string of the molecule is CNC(=O)NC(=O)CCCCC(=O)O. The molecule has 0 atom stereocenters. The first-order chi connectivity index (χ1) is 6.56. The summed E-state index contributed by atoms with van der Waals surface area (Å²) in [5.74, 6) is -1.27. The molecule has 14 heavy (non-hydrogen) atoms. The lowest BCUT2D eigenvalue weighted by Gasteiger charge is -2.01. The van der Waals surface area contributed by atoms with Gasteiger partial charge in [-0.1, -0.05) is 0 Å². The zero-order valence-electron chi connectivity index (χ0n) is 8.00. The molecule has 0 rings (SSSR count). The maximum absolute atomic E-state index is 10.9. The summed E-state index contributed by atoms with van der Waals surface area (Å²) in [5.41, 5.74) is 0. The van der Waals surface area contributed by atoms with Gasteiger partial charge in [-0.25, -0.2) is 4.79 Å². The van der Waals surface area contributed by atoms with E-state index in [4.69, 9.17) is 5.11 Å². The third-order valence-corrected chi connectivity index (χ3v) is 1.52. The number of carbonyl (C=O) groups excluding carboxylic acids is 2. The molecular weight excluding hydrogens is 188 g/mol. The molecular formula is C8H14N2O4. The zero-order chi connectivity index (χ0) is 11.0. The number of carboxylic acid groups (broad SMARTS) is 1. The van der Waals surface area contributed by atoms with Gasteiger partial charge in [0.2, 0.25) is 5.91 Å². The van der Waals surface area contributed by atoms with Crippen LogP contribution in [0.25, 0.3) is 0 Å². The number of imide groups is 1. The lowest BCUT2D eigenvalue weighted by Crippen LogP contribution is -2.37. The van der Waals surface area contributed by atoms with Crippen LogP contribution in [0.1, 0.15) is 25.7 Å². The van der Waals surface area contributed by atoms with Gasteiger partial charge in [0.25, 0.3) is 0 Å². The molecule has 0 aliphatic heterocycles. The lowest BCUT2D eigenvalue weighted by atomic mass is 10.2. The summed E-state index contributed by atoms with van der Waals surface area (Å²) >= 11 is 0.